The molecule has 1 aliphatic rings. The number of esters is 1. The predicted molar refractivity (Wildman–Crippen MR) is 162 cm³/mol. The number of amides is 1. The summed E-state index contributed by atoms with van der Waals surface area (Å²) in [4.78, 5) is 29.7. The van der Waals surface area contributed by atoms with Gasteiger partial charge < -0.3 is 35.1 Å². The third-order valence-electron chi connectivity index (χ3n) is 7.10. The van der Waals surface area contributed by atoms with Crippen molar-refractivity contribution >= 4 is 23.6 Å². The van der Waals surface area contributed by atoms with E-state index < -0.39 is 29.5 Å². The molecule has 1 fully saturated rings. The molecule has 0 radical (unpaired) electrons. The van der Waals surface area contributed by atoms with Crippen molar-refractivity contribution in [1.29, 1.82) is 0 Å². The van der Waals surface area contributed by atoms with E-state index in [2.05, 4.69) is 24.2 Å². The molecule has 1 aliphatic carbocycles. The lowest BCUT2D eigenvalue weighted by Crippen LogP contribution is -2.38. The van der Waals surface area contributed by atoms with Gasteiger partial charge in [0.25, 0.3) is 0 Å². The van der Waals surface area contributed by atoms with E-state index >= 15 is 4.39 Å². The molecule has 1 saturated carbocycles. The van der Waals surface area contributed by atoms with Crippen molar-refractivity contribution in [2.75, 3.05) is 31.7 Å². The lowest BCUT2D eigenvalue weighted by molar-refractivity contribution is -0.144. The van der Waals surface area contributed by atoms with Crippen LogP contribution in [0.1, 0.15) is 83.4 Å². The number of rotatable bonds is 14. The van der Waals surface area contributed by atoms with Crippen molar-refractivity contribution in [3.63, 3.8) is 0 Å². The van der Waals surface area contributed by atoms with Gasteiger partial charge in [-0.3, -0.25) is 0 Å². The second-order valence-electron chi connectivity index (χ2n) is 10.9. The van der Waals surface area contributed by atoms with Crippen LogP contribution in [0.2, 0.25) is 0 Å². The molecule has 43 heavy (non-hydrogen) atoms. The summed E-state index contributed by atoms with van der Waals surface area (Å²) in [7, 11) is 0. The van der Waals surface area contributed by atoms with E-state index in [1.807, 2.05) is 0 Å². The summed E-state index contributed by atoms with van der Waals surface area (Å²) in [6, 6.07) is 7.81. The molecule has 0 bridgehead atoms. The zero-order chi connectivity index (χ0) is 31.4. The van der Waals surface area contributed by atoms with Crippen LogP contribution in [0, 0.1) is 11.7 Å². The molecule has 10 nitrogen and oxygen atoms in total. The molecule has 3 rings (SSSR count). The second kappa shape index (κ2) is 16.1. The topological polar surface area (TPSA) is 142 Å². The van der Waals surface area contributed by atoms with Crippen molar-refractivity contribution in [2.45, 2.75) is 77.9 Å². The minimum absolute atomic E-state index is 0.000122. The number of benzene rings is 2. The van der Waals surface area contributed by atoms with Gasteiger partial charge in [-0.15, -0.1) is 0 Å². The number of anilines is 1. The van der Waals surface area contributed by atoms with E-state index in [0.717, 1.165) is 44.6 Å². The fraction of sp³-hybridized carbons (Fsp3) is 0.531. The average Bonchev–Trinajstić information content (AvgIpc) is 2.96. The van der Waals surface area contributed by atoms with Crippen LogP contribution in [0.4, 0.5) is 14.9 Å². The number of aliphatic imine (C=N–C) groups is 1. The molecule has 1 amide bonds. The van der Waals surface area contributed by atoms with Gasteiger partial charge in [-0.25, -0.2) is 14.0 Å². The number of carbonyl (C=O) groups is 2. The average molecular weight is 602 g/mol. The van der Waals surface area contributed by atoms with Crippen molar-refractivity contribution in [3.05, 3.63) is 53.3 Å². The summed E-state index contributed by atoms with van der Waals surface area (Å²) in [5.41, 5.74) is 6.58. The third kappa shape index (κ3) is 9.57. The molecule has 0 saturated heterocycles. The molecule has 0 aromatic heterocycles. The number of nitrogens with two attached hydrogens (primary N) is 1. The van der Waals surface area contributed by atoms with Gasteiger partial charge in [0, 0.05) is 22.9 Å². The van der Waals surface area contributed by atoms with Gasteiger partial charge in [0.2, 0.25) is 0 Å². The number of carbonyl (C=O) groups excluding carboxylic acids is 2. The molecule has 2 aromatic rings. The first-order valence-electron chi connectivity index (χ1n) is 14.9. The van der Waals surface area contributed by atoms with Crippen LogP contribution in [-0.2, 0) is 14.3 Å². The Morgan fingerprint density at radius 1 is 1.05 bits per heavy atom. The molecule has 0 heterocycles. The molecule has 11 heteroatoms. The number of aliphatic hydroxyl groups is 1. The van der Waals surface area contributed by atoms with Crippen LogP contribution in [-0.4, -0.2) is 55.0 Å². The van der Waals surface area contributed by atoms with E-state index in [1.54, 1.807) is 38.1 Å². The third-order valence-corrected chi connectivity index (χ3v) is 7.10. The molecule has 0 unspecified atom stereocenters. The lowest BCUT2D eigenvalue weighted by Gasteiger charge is -2.37. The summed E-state index contributed by atoms with van der Waals surface area (Å²) < 4.78 is 37.4. The fourth-order valence-corrected chi connectivity index (χ4v) is 5.36. The predicted octanol–water partition coefficient (Wildman–Crippen LogP) is 5.90. The van der Waals surface area contributed by atoms with E-state index in [4.69, 9.17) is 29.8 Å². The Morgan fingerprint density at radius 2 is 1.72 bits per heavy atom. The standard InChI is InChI=1S/C32H44FN3O7/c1-5-40-26-18-24(25(33)19-27(26)42-17-16-37)28(30(38)41-6-2)35-23-12-10-22(11-13-23)29(34)36-31(39)43-32(20-21(3)4)14-8-7-9-15-32/h10-13,18-19,21,28,35,37H,5-9,14-17,20H2,1-4H3,(H2,34,36,39)/t28-/m0/s1. The summed E-state index contributed by atoms with van der Waals surface area (Å²) in [6.45, 7) is 7.70. The van der Waals surface area contributed by atoms with Crippen molar-refractivity contribution in [3.8, 4) is 11.5 Å². The van der Waals surface area contributed by atoms with E-state index in [0.29, 0.717) is 17.2 Å². The lowest BCUT2D eigenvalue weighted by atomic mass is 9.79. The van der Waals surface area contributed by atoms with Crippen LogP contribution in [0.25, 0.3) is 0 Å². The van der Waals surface area contributed by atoms with Crippen molar-refractivity contribution in [1.82, 2.24) is 0 Å². The monoisotopic (exact) mass is 601 g/mol. The molecule has 2 aromatic carbocycles. The number of hydrogen-bond acceptors (Lipinski definition) is 8. The molecule has 4 N–H and O–H groups in total. The minimum atomic E-state index is -1.22. The number of aliphatic hydroxyl groups excluding tert-OH is 1. The Balaban J connectivity index is 1.81. The Hall–Kier alpha value is -3.86. The summed E-state index contributed by atoms with van der Waals surface area (Å²) in [5.74, 6) is -0.711. The molecule has 236 valence electrons. The van der Waals surface area contributed by atoms with Gasteiger partial charge in [0.1, 0.15) is 23.9 Å². The number of halogens is 1. The largest absolute Gasteiger partial charge is 0.490 e. The fourth-order valence-electron chi connectivity index (χ4n) is 5.36. The Labute approximate surface area is 252 Å². The zero-order valence-electron chi connectivity index (χ0n) is 25.5. The maximum absolute atomic E-state index is 15.3. The summed E-state index contributed by atoms with van der Waals surface area (Å²) in [5, 5.41) is 12.1. The Kier molecular flexibility index (Phi) is 12.6. The number of amidine groups is 1. The van der Waals surface area contributed by atoms with Crippen LogP contribution in [0.15, 0.2) is 41.4 Å². The first kappa shape index (κ1) is 33.6. The van der Waals surface area contributed by atoms with Gasteiger partial charge >= 0.3 is 12.1 Å². The molecular formula is C32H44FN3O7. The highest BCUT2D eigenvalue weighted by atomic mass is 19.1. The maximum Gasteiger partial charge on any atom is 0.436 e. The molecule has 0 spiro atoms. The highest BCUT2D eigenvalue weighted by Crippen LogP contribution is 2.37. The highest BCUT2D eigenvalue weighted by molar-refractivity contribution is 6.03. The van der Waals surface area contributed by atoms with E-state index in [-0.39, 0.29) is 49.3 Å². The highest BCUT2D eigenvalue weighted by Gasteiger charge is 2.36. The molecule has 0 aliphatic heterocycles. The minimum Gasteiger partial charge on any atom is -0.490 e. The van der Waals surface area contributed by atoms with E-state index in [1.165, 1.54) is 6.07 Å². The molecular weight excluding hydrogens is 557 g/mol. The van der Waals surface area contributed by atoms with Crippen LogP contribution >= 0.6 is 0 Å². The van der Waals surface area contributed by atoms with Crippen LogP contribution in [0.3, 0.4) is 0 Å². The number of hydrogen-bond donors (Lipinski definition) is 3. The maximum atomic E-state index is 15.3. The van der Waals surface area contributed by atoms with Crippen molar-refractivity contribution < 1.29 is 38.0 Å². The quantitative estimate of drug-likeness (QED) is 0.137. The normalized spacial score (nSPS) is 15.5. The Morgan fingerprint density at radius 3 is 2.33 bits per heavy atom. The first-order valence-corrected chi connectivity index (χ1v) is 14.9. The van der Waals surface area contributed by atoms with Crippen molar-refractivity contribution in [2.24, 2.45) is 16.6 Å². The number of ether oxygens (including phenoxy) is 4. The smallest absolute Gasteiger partial charge is 0.436 e. The Bertz CT molecular complexity index is 1240. The number of nitrogens with zero attached hydrogens (tertiary/aromatic N) is 1. The SMILES string of the molecule is CCOC(=O)[C@@H](Nc1ccc(C(N)=NC(=O)OC2(CC(C)C)CCCCC2)cc1)c1cc(OCC)c(OCCO)cc1F. The van der Waals surface area contributed by atoms with Gasteiger partial charge in [-0.05, 0) is 82.2 Å². The summed E-state index contributed by atoms with van der Waals surface area (Å²) in [6.07, 6.45) is 4.86. The zero-order valence-corrected chi connectivity index (χ0v) is 25.5. The van der Waals surface area contributed by atoms with Gasteiger partial charge in [0.05, 0.1) is 19.8 Å². The van der Waals surface area contributed by atoms with Crippen LogP contribution in [0.5, 0.6) is 11.5 Å². The number of nitrogens with one attached hydrogen (secondary N) is 1. The summed E-state index contributed by atoms with van der Waals surface area (Å²) >= 11 is 0. The van der Waals surface area contributed by atoms with E-state index in [9.17, 15) is 9.59 Å². The molecule has 1 atom stereocenters. The van der Waals surface area contributed by atoms with Gasteiger partial charge in [0.15, 0.2) is 17.5 Å². The van der Waals surface area contributed by atoms with Gasteiger partial charge in [-0.2, -0.15) is 4.99 Å². The second-order valence-corrected chi connectivity index (χ2v) is 10.9. The van der Waals surface area contributed by atoms with Gasteiger partial charge in [-0.1, -0.05) is 20.3 Å². The van der Waals surface area contributed by atoms with Crippen LogP contribution < -0.4 is 20.5 Å². The first-order chi connectivity index (χ1) is 20.6.